The van der Waals surface area contributed by atoms with Gasteiger partial charge in [-0.3, -0.25) is 4.79 Å². The molecule has 4 rings (SSSR count). The molecule has 0 saturated carbocycles. The summed E-state index contributed by atoms with van der Waals surface area (Å²) >= 11 is 0. The fourth-order valence-corrected chi connectivity index (χ4v) is 3.13. The van der Waals surface area contributed by atoms with Crippen LogP contribution >= 0.6 is 0 Å². The van der Waals surface area contributed by atoms with Gasteiger partial charge in [0.15, 0.2) is 22.8 Å². The lowest BCUT2D eigenvalue weighted by Gasteiger charge is -2.10. The van der Waals surface area contributed by atoms with Crippen molar-refractivity contribution >= 4 is 17.2 Å². The van der Waals surface area contributed by atoms with Crippen LogP contribution in [0.15, 0.2) is 54.7 Å². The Morgan fingerprint density at radius 3 is 2.48 bits per heavy atom. The number of halogens is 1. The lowest BCUT2D eigenvalue weighted by Crippen LogP contribution is -2.14. The molecule has 0 bridgehead atoms. The van der Waals surface area contributed by atoms with Crippen LogP contribution in [0, 0.1) is 5.82 Å². The number of amides is 1. The van der Waals surface area contributed by atoms with Gasteiger partial charge in [0.2, 0.25) is 0 Å². The van der Waals surface area contributed by atoms with Gasteiger partial charge >= 0.3 is 0 Å². The number of carbonyl (C=O) groups excluding carboxylic acids is 1. The van der Waals surface area contributed by atoms with E-state index in [1.807, 2.05) is 12.1 Å². The van der Waals surface area contributed by atoms with Crippen LogP contribution in [0.25, 0.3) is 16.9 Å². The Balaban J connectivity index is 1.68. The molecule has 0 spiro atoms. The average molecular weight is 422 g/mol. The zero-order valence-electron chi connectivity index (χ0n) is 17.0. The van der Waals surface area contributed by atoms with E-state index in [-0.39, 0.29) is 11.4 Å². The smallest absolute Gasteiger partial charge is 0.276 e. The van der Waals surface area contributed by atoms with Gasteiger partial charge in [0.1, 0.15) is 11.6 Å². The predicted molar refractivity (Wildman–Crippen MR) is 112 cm³/mol. The minimum absolute atomic E-state index is 0.0240. The number of rotatable bonds is 6. The van der Waals surface area contributed by atoms with Gasteiger partial charge in [-0.2, -0.15) is 5.10 Å². The van der Waals surface area contributed by atoms with Gasteiger partial charge in [-0.25, -0.2) is 13.9 Å². The largest absolute Gasteiger partial charge is 0.497 e. The molecule has 4 aromatic rings. The van der Waals surface area contributed by atoms with E-state index in [4.69, 9.17) is 14.2 Å². The molecule has 2 aromatic carbocycles. The van der Waals surface area contributed by atoms with Gasteiger partial charge in [0.25, 0.3) is 5.91 Å². The number of benzene rings is 2. The van der Waals surface area contributed by atoms with E-state index in [9.17, 15) is 9.18 Å². The summed E-state index contributed by atoms with van der Waals surface area (Å²) in [6.07, 6.45) is 1.62. The van der Waals surface area contributed by atoms with E-state index >= 15 is 0 Å². The Morgan fingerprint density at radius 2 is 1.77 bits per heavy atom. The molecular weight excluding hydrogens is 403 g/mol. The summed E-state index contributed by atoms with van der Waals surface area (Å²) in [4.78, 5) is 16.9. The average Bonchev–Trinajstić information content (AvgIpc) is 3.24. The number of hydrogen-bond acceptors (Lipinski definition) is 6. The van der Waals surface area contributed by atoms with Gasteiger partial charge in [-0.05, 0) is 36.4 Å². The van der Waals surface area contributed by atoms with Crippen molar-refractivity contribution in [2.24, 2.45) is 0 Å². The summed E-state index contributed by atoms with van der Waals surface area (Å²) in [5.41, 5.74) is 2.07. The topological polar surface area (TPSA) is 87.0 Å². The lowest BCUT2D eigenvalue weighted by atomic mass is 10.1. The molecular formula is C22H19FN4O4. The number of ether oxygens (including phenoxy) is 3. The molecule has 2 heterocycles. The number of hydrogen-bond donors (Lipinski definition) is 1. The fraction of sp³-hybridized carbons (Fsp3) is 0.136. The van der Waals surface area contributed by atoms with E-state index in [0.717, 1.165) is 5.56 Å². The quantitative estimate of drug-likeness (QED) is 0.508. The summed E-state index contributed by atoms with van der Waals surface area (Å²) in [5, 5.41) is 6.89. The Hall–Kier alpha value is -4.14. The first-order valence-corrected chi connectivity index (χ1v) is 9.26. The molecule has 158 valence electrons. The molecule has 8 nitrogen and oxygen atoms in total. The molecule has 2 aromatic heterocycles. The Kier molecular flexibility index (Phi) is 5.40. The highest BCUT2D eigenvalue weighted by atomic mass is 19.1. The Morgan fingerprint density at radius 1 is 0.968 bits per heavy atom. The first-order valence-electron chi connectivity index (χ1n) is 9.26. The molecule has 0 radical (unpaired) electrons. The molecule has 0 atom stereocenters. The molecule has 0 aliphatic rings. The second-order valence-electron chi connectivity index (χ2n) is 6.50. The van der Waals surface area contributed by atoms with E-state index in [0.29, 0.717) is 28.6 Å². The van der Waals surface area contributed by atoms with E-state index in [1.165, 1.54) is 25.3 Å². The summed E-state index contributed by atoms with van der Waals surface area (Å²) in [6.45, 7) is 0. The van der Waals surface area contributed by atoms with Crippen LogP contribution in [0.4, 0.5) is 10.1 Å². The summed E-state index contributed by atoms with van der Waals surface area (Å²) < 4.78 is 31.3. The Bertz CT molecular complexity index is 1270. The van der Waals surface area contributed by atoms with Gasteiger partial charge < -0.3 is 19.5 Å². The molecule has 1 amide bonds. The minimum atomic E-state index is -0.611. The van der Waals surface area contributed by atoms with Crippen molar-refractivity contribution in [1.29, 1.82) is 0 Å². The third kappa shape index (κ3) is 3.85. The number of methoxy groups -OCH3 is 3. The van der Waals surface area contributed by atoms with Crippen molar-refractivity contribution in [2.45, 2.75) is 0 Å². The maximum Gasteiger partial charge on any atom is 0.276 e. The van der Waals surface area contributed by atoms with Crippen molar-refractivity contribution in [3.8, 4) is 28.5 Å². The first-order chi connectivity index (χ1) is 15.0. The summed E-state index contributed by atoms with van der Waals surface area (Å²) in [6, 6.07) is 12.9. The number of anilines is 1. The van der Waals surface area contributed by atoms with Crippen LogP contribution in [0.5, 0.6) is 17.2 Å². The highest BCUT2D eigenvalue weighted by Gasteiger charge is 2.17. The van der Waals surface area contributed by atoms with Gasteiger partial charge in [-0.1, -0.05) is 0 Å². The van der Waals surface area contributed by atoms with Crippen LogP contribution in [0.3, 0.4) is 0 Å². The number of carbonyl (C=O) groups is 1. The fourth-order valence-electron chi connectivity index (χ4n) is 3.13. The van der Waals surface area contributed by atoms with Crippen molar-refractivity contribution in [2.75, 3.05) is 26.6 Å². The summed E-state index contributed by atoms with van der Waals surface area (Å²) in [7, 11) is 4.55. The molecule has 0 aliphatic carbocycles. The standard InChI is InChI=1S/C22H19FN4O4/c1-29-14-5-6-16(15(23)11-14)25-22(28)17-12-21-24-9-8-18(27(21)26-17)13-4-7-19(30-2)20(10-13)31-3/h4-12H,1-3H3,(H,25,28). The van der Waals surface area contributed by atoms with Gasteiger partial charge in [0, 0.05) is 23.9 Å². The molecule has 0 fully saturated rings. The van der Waals surface area contributed by atoms with Crippen LogP contribution in [0.1, 0.15) is 10.5 Å². The van der Waals surface area contributed by atoms with E-state index in [1.54, 1.807) is 43.1 Å². The zero-order chi connectivity index (χ0) is 22.0. The van der Waals surface area contributed by atoms with Crippen LogP contribution in [-0.2, 0) is 0 Å². The maximum atomic E-state index is 14.2. The monoisotopic (exact) mass is 422 g/mol. The normalized spacial score (nSPS) is 10.7. The second kappa shape index (κ2) is 8.31. The highest BCUT2D eigenvalue weighted by molar-refractivity contribution is 6.03. The highest BCUT2D eigenvalue weighted by Crippen LogP contribution is 2.32. The maximum absolute atomic E-state index is 14.2. The lowest BCUT2D eigenvalue weighted by molar-refractivity contribution is 0.102. The molecule has 31 heavy (non-hydrogen) atoms. The molecule has 0 aliphatic heterocycles. The van der Waals surface area contributed by atoms with Crippen molar-refractivity contribution in [3.63, 3.8) is 0 Å². The zero-order valence-corrected chi connectivity index (χ0v) is 17.0. The Labute approximate surface area is 177 Å². The number of aromatic nitrogens is 3. The third-order valence-electron chi connectivity index (χ3n) is 4.69. The second-order valence-corrected chi connectivity index (χ2v) is 6.50. The van der Waals surface area contributed by atoms with Crippen LogP contribution < -0.4 is 19.5 Å². The van der Waals surface area contributed by atoms with Gasteiger partial charge in [0.05, 0.1) is 32.7 Å². The molecule has 0 saturated heterocycles. The SMILES string of the molecule is COc1ccc(NC(=O)c2cc3nccc(-c4ccc(OC)c(OC)c4)n3n2)c(F)c1. The third-order valence-corrected chi connectivity index (χ3v) is 4.69. The van der Waals surface area contributed by atoms with Crippen molar-refractivity contribution in [1.82, 2.24) is 14.6 Å². The number of nitrogens with one attached hydrogen (secondary N) is 1. The number of nitrogens with zero attached hydrogens (tertiary/aromatic N) is 3. The molecule has 1 N–H and O–H groups in total. The van der Waals surface area contributed by atoms with Crippen molar-refractivity contribution in [3.05, 3.63) is 66.2 Å². The minimum Gasteiger partial charge on any atom is -0.497 e. The van der Waals surface area contributed by atoms with Crippen LogP contribution in [-0.4, -0.2) is 41.8 Å². The molecule has 0 unspecified atom stereocenters. The number of fused-ring (bicyclic) bond motifs is 1. The predicted octanol–water partition coefficient (Wildman–Crippen LogP) is 3.81. The van der Waals surface area contributed by atoms with Gasteiger partial charge in [-0.15, -0.1) is 0 Å². The molecule has 9 heteroatoms. The van der Waals surface area contributed by atoms with E-state index < -0.39 is 11.7 Å². The summed E-state index contributed by atoms with van der Waals surface area (Å²) in [5.74, 6) is 0.337. The van der Waals surface area contributed by atoms with Crippen LogP contribution in [0.2, 0.25) is 0 Å². The van der Waals surface area contributed by atoms with E-state index in [2.05, 4.69) is 15.4 Å². The van der Waals surface area contributed by atoms with Crippen molar-refractivity contribution < 1.29 is 23.4 Å². The first kappa shape index (κ1) is 20.1.